The van der Waals surface area contributed by atoms with Crippen LogP contribution in [0.1, 0.15) is 27.3 Å². The van der Waals surface area contributed by atoms with Crippen LogP contribution >= 0.6 is 0 Å². The Kier molecular flexibility index (Phi) is 6.17. The van der Waals surface area contributed by atoms with Crippen molar-refractivity contribution in [1.29, 1.82) is 0 Å². The molecule has 0 bridgehead atoms. The van der Waals surface area contributed by atoms with Gasteiger partial charge in [0.2, 0.25) is 10.0 Å². The molecular weight excluding hydrogens is 429 g/mol. The highest BCUT2D eigenvalue weighted by Gasteiger charge is 2.30. The number of aryl methyl sites for hydroxylation is 1. The molecule has 2 heterocycles. The first-order valence-electron chi connectivity index (χ1n) is 10.5. The maximum absolute atomic E-state index is 14.3. The number of hydrogen-bond acceptors (Lipinski definition) is 3. The molecule has 1 aliphatic heterocycles. The van der Waals surface area contributed by atoms with Crippen molar-refractivity contribution < 1.29 is 17.6 Å². The number of para-hydroxylation sites is 1. The second kappa shape index (κ2) is 8.88. The summed E-state index contributed by atoms with van der Waals surface area (Å²) in [7, 11) is -3.45. The van der Waals surface area contributed by atoms with E-state index in [9.17, 15) is 17.6 Å². The number of piperazine rings is 1. The van der Waals surface area contributed by atoms with Crippen molar-refractivity contribution >= 4 is 15.9 Å². The number of carbonyl (C=O) groups excluding carboxylic acids is 1. The third kappa shape index (κ3) is 4.33. The minimum atomic E-state index is -3.45. The standard InChI is InChI=1S/C24H26FN3O3S/c1-18-16-21(19(2)28(18)23-11-7-6-10-22(23)25)24(29)26-12-14-27(15-13-26)32(30,31)17-20-8-4-3-5-9-20/h3-11,16H,12-15,17H2,1-2H3. The molecule has 1 aliphatic rings. The first-order valence-corrected chi connectivity index (χ1v) is 12.1. The Morgan fingerprint density at radius 3 is 2.22 bits per heavy atom. The van der Waals surface area contributed by atoms with Crippen molar-refractivity contribution in [3.63, 3.8) is 0 Å². The fourth-order valence-corrected chi connectivity index (χ4v) is 5.71. The Morgan fingerprint density at radius 1 is 0.938 bits per heavy atom. The third-order valence-corrected chi connectivity index (χ3v) is 7.72. The number of rotatable bonds is 5. The summed E-state index contributed by atoms with van der Waals surface area (Å²) in [6.45, 7) is 4.78. The smallest absolute Gasteiger partial charge is 0.255 e. The van der Waals surface area contributed by atoms with Gasteiger partial charge >= 0.3 is 0 Å². The van der Waals surface area contributed by atoms with E-state index in [1.54, 1.807) is 52.8 Å². The van der Waals surface area contributed by atoms with Crippen molar-refractivity contribution in [3.05, 3.63) is 89.0 Å². The molecule has 2 aromatic carbocycles. The molecular formula is C24H26FN3O3S. The van der Waals surface area contributed by atoms with E-state index in [1.165, 1.54) is 10.4 Å². The van der Waals surface area contributed by atoms with Crippen LogP contribution < -0.4 is 0 Å². The van der Waals surface area contributed by atoms with E-state index in [4.69, 9.17) is 0 Å². The summed E-state index contributed by atoms with van der Waals surface area (Å²) in [5, 5.41) is 0. The molecule has 0 unspecified atom stereocenters. The normalized spacial score (nSPS) is 15.2. The van der Waals surface area contributed by atoms with Crippen molar-refractivity contribution in [1.82, 2.24) is 13.8 Å². The van der Waals surface area contributed by atoms with Crippen LogP contribution in [-0.2, 0) is 15.8 Å². The summed E-state index contributed by atoms with van der Waals surface area (Å²) in [6.07, 6.45) is 0. The van der Waals surface area contributed by atoms with Crippen LogP contribution in [0.25, 0.3) is 5.69 Å². The molecule has 1 saturated heterocycles. The third-order valence-electron chi connectivity index (χ3n) is 5.87. The molecule has 6 nitrogen and oxygen atoms in total. The Bertz CT molecular complexity index is 1230. The van der Waals surface area contributed by atoms with Crippen molar-refractivity contribution in [2.45, 2.75) is 19.6 Å². The fourth-order valence-electron chi connectivity index (χ4n) is 4.20. The van der Waals surface area contributed by atoms with Crippen LogP contribution in [0.3, 0.4) is 0 Å². The average Bonchev–Trinajstić information content (AvgIpc) is 3.08. The zero-order valence-electron chi connectivity index (χ0n) is 18.2. The van der Waals surface area contributed by atoms with Gasteiger partial charge in [0.1, 0.15) is 5.82 Å². The molecule has 0 N–H and O–H groups in total. The predicted molar refractivity (Wildman–Crippen MR) is 122 cm³/mol. The molecule has 1 amide bonds. The van der Waals surface area contributed by atoms with Gasteiger partial charge in [-0.05, 0) is 37.6 Å². The fraction of sp³-hybridized carbons (Fsp3) is 0.292. The number of benzene rings is 2. The number of carbonyl (C=O) groups is 1. The number of hydrogen-bond donors (Lipinski definition) is 0. The maximum Gasteiger partial charge on any atom is 0.255 e. The van der Waals surface area contributed by atoms with E-state index in [1.807, 2.05) is 25.1 Å². The first kappa shape index (κ1) is 22.2. The molecule has 0 aliphatic carbocycles. The van der Waals surface area contributed by atoms with Gasteiger partial charge in [-0.1, -0.05) is 42.5 Å². The second-order valence-corrected chi connectivity index (χ2v) is 9.97. The molecule has 8 heteroatoms. The Hall–Kier alpha value is -2.97. The van der Waals surface area contributed by atoms with Crippen LogP contribution in [0.15, 0.2) is 60.7 Å². The summed E-state index contributed by atoms with van der Waals surface area (Å²) in [4.78, 5) is 14.9. The zero-order valence-corrected chi connectivity index (χ0v) is 19.0. The van der Waals surface area contributed by atoms with Crippen LogP contribution in [-0.4, -0.2) is 54.3 Å². The number of halogens is 1. The van der Waals surface area contributed by atoms with Crippen LogP contribution in [0.2, 0.25) is 0 Å². The monoisotopic (exact) mass is 455 g/mol. The van der Waals surface area contributed by atoms with Crippen molar-refractivity contribution in [3.8, 4) is 5.69 Å². The molecule has 0 radical (unpaired) electrons. The minimum Gasteiger partial charge on any atom is -0.336 e. The average molecular weight is 456 g/mol. The molecule has 0 atom stereocenters. The topological polar surface area (TPSA) is 62.6 Å². The molecule has 1 aromatic heterocycles. The Balaban J connectivity index is 1.47. The predicted octanol–water partition coefficient (Wildman–Crippen LogP) is 3.52. The number of amides is 1. The largest absolute Gasteiger partial charge is 0.336 e. The zero-order chi connectivity index (χ0) is 22.9. The first-order chi connectivity index (χ1) is 15.3. The van der Waals surface area contributed by atoms with Gasteiger partial charge < -0.3 is 9.47 Å². The van der Waals surface area contributed by atoms with Crippen LogP contribution in [0.5, 0.6) is 0 Å². The highest BCUT2D eigenvalue weighted by molar-refractivity contribution is 7.88. The summed E-state index contributed by atoms with van der Waals surface area (Å²) in [6, 6.07) is 17.3. The highest BCUT2D eigenvalue weighted by Crippen LogP contribution is 2.24. The van der Waals surface area contributed by atoms with Gasteiger partial charge in [0.25, 0.3) is 5.91 Å². The SMILES string of the molecule is Cc1cc(C(=O)N2CCN(S(=O)(=O)Cc3ccccc3)CC2)c(C)n1-c1ccccc1F. The summed E-state index contributed by atoms with van der Waals surface area (Å²) in [5.41, 5.74) is 3.08. The van der Waals surface area contributed by atoms with Gasteiger partial charge in [-0.3, -0.25) is 4.79 Å². The molecule has 0 spiro atoms. The van der Waals surface area contributed by atoms with E-state index in [-0.39, 0.29) is 30.6 Å². The van der Waals surface area contributed by atoms with E-state index in [0.717, 1.165) is 11.3 Å². The van der Waals surface area contributed by atoms with E-state index in [0.29, 0.717) is 30.0 Å². The molecule has 32 heavy (non-hydrogen) atoms. The van der Waals surface area contributed by atoms with E-state index >= 15 is 0 Å². The van der Waals surface area contributed by atoms with Crippen LogP contribution in [0.4, 0.5) is 4.39 Å². The van der Waals surface area contributed by atoms with Gasteiger partial charge in [0, 0.05) is 37.6 Å². The lowest BCUT2D eigenvalue weighted by Gasteiger charge is -2.34. The van der Waals surface area contributed by atoms with E-state index < -0.39 is 10.0 Å². The number of nitrogens with zero attached hydrogens (tertiary/aromatic N) is 3. The molecule has 1 fully saturated rings. The Labute approximate surface area is 187 Å². The lowest BCUT2D eigenvalue weighted by Crippen LogP contribution is -2.50. The summed E-state index contributed by atoms with van der Waals surface area (Å²) >= 11 is 0. The van der Waals surface area contributed by atoms with Crippen LogP contribution in [0, 0.1) is 19.7 Å². The summed E-state index contributed by atoms with van der Waals surface area (Å²) in [5.74, 6) is -0.572. The maximum atomic E-state index is 14.3. The lowest BCUT2D eigenvalue weighted by atomic mass is 10.2. The summed E-state index contributed by atoms with van der Waals surface area (Å²) < 4.78 is 43.1. The van der Waals surface area contributed by atoms with E-state index in [2.05, 4.69) is 0 Å². The van der Waals surface area contributed by atoms with Crippen molar-refractivity contribution in [2.75, 3.05) is 26.2 Å². The Morgan fingerprint density at radius 2 is 1.56 bits per heavy atom. The second-order valence-electron chi connectivity index (χ2n) is 8.00. The molecule has 4 rings (SSSR count). The number of sulfonamides is 1. The molecule has 0 saturated carbocycles. The minimum absolute atomic E-state index is 0.0500. The van der Waals surface area contributed by atoms with Gasteiger partial charge in [-0.2, -0.15) is 4.31 Å². The highest BCUT2D eigenvalue weighted by atomic mass is 32.2. The van der Waals surface area contributed by atoms with Gasteiger partial charge in [-0.15, -0.1) is 0 Å². The van der Waals surface area contributed by atoms with Gasteiger partial charge in [0.15, 0.2) is 0 Å². The number of aromatic nitrogens is 1. The van der Waals surface area contributed by atoms with Crippen molar-refractivity contribution in [2.24, 2.45) is 0 Å². The molecule has 168 valence electrons. The van der Waals surface area contributed by atoms with Gasteiger partial charge in [0.05, 0.1) is 17.0 Å². The molecule has 3 aromatic rings. The lowest BCUT2D eigenvalue weighted by molar-refractivity contribution is 0.0697. The van der Waals surface area contributed by atoms with Gasteiger partial charge in [-0.25, -0.2) is 12.8 Å². The quantitative estimate of drug-likeness (QED) is 0.591.